The highest BCUT2D eigenvalue weighted by Crippen LogP contribution is 2.22. The molecule has 20 heavy (non-hydrogen) atoms. The van der Waals surface area contributed by atoms with Gasteiger partial charge in [0.1, 0.15) is 0 Å². The molecular formula is C17H18BrNO. The van der Waals surface area contributed by atoms with Gasteiger partial charge in [0, 0.05) is 16.4 Å². The molecule has 0 aliphatic carbocycles. The van der Waals surface area contributed by atoms with Gasteiger partial charge < -0.3 is 5.32 Å². The van der Waals surface area contributed by atoms with Crippen LogP contribution in [0.1, 0.15) is 29.8 Å². The molecule has 0 aliphatic rings. The van der Waals surface area contributed by atoms with Crippen LogP contribution in [0, 0.1) is 0 Å². The Bertz CT molecular complexity index is 593. The molecule has 0 unspecified atom stereocenters. The lowest BCUT2D eigenvalue weighted by Crippen LogP contribution is -2.36. The van der Waals surface area contributed by atoms with Crippen molar-refractivity contribution in [3.63, 3.8) is 0 Å². The Morgan fingerprint density at radius 2 is 1.65 bits per heavy atom. The number of rotatable bonds is 4. The molecule has 0 spiro atoms. The number of amides is 1. The molecule has 0 heterocycles. The lowest BCUT2D eigenvalue weighted by Gasteiger charge is -2.25. The Morgan fingerprint density at radius 3 is 2.30 bits per heavy atom. The minimum Gasteiger partial charge on any atom is -0.351 e. The number of hydrogen-bond donors (Lipinski definition) is 1. The molecule has 0 radical (unpaired) electrons. The van der Waals surface area contributed by atoms with E-state index in [0.717, 1.165) is 4.47 Å². The maximum Gasteiger partial charge on any atom is 0.252 e. The summed E-state index contributed by atoms with van der Waals surface area (Å²) in [6.45, 7) is 4.85. The SMILES string of the molecule is CC(C)(CNC(=O)c1ccccc1Br)c1ccccc1. The second-order valence-corrected chi connectivity index (χ2v) is 6.27. The third-order valence-electron chi connectivity index (χ3n) is 3.36. The van der Waals surface area contributed by atoms with Crippen molar-refractivity contribution >= 4 is 21.8 Å². The van der Waals surface area contributed by atoms with Crippen LogP contribution in [-0.2, 0) is 5.41 Å². The molecule has 0 saturated heterocycles. The quantitative estimate of drug-likeness (QED) is 0.895. The van der Waals surface area contributed by atoms with E-state index in [-0.39, 0.29) is 11.3 Å². The third kappa shape index (κ3) is 3.48. The van der Waals surface area contributed by atoms with E-state index in [1.165, 1.54) is 5.56 Å². The molecule has 2 aromatic rings. The van der Waals surface area contributed by atoms with Gasteiger partial charge in [-0.05, 0) is 33.6 Å². The fraction of sp³-hybridized carbons (Fsp3) is 0.235. The zero-order valence-corrected chi connectivity index (χ0v) is 13.3. The maximum absolute atomic E-state index is 12.2. The van der Waals surface area contributed by atoms with E-state index in [1.54, 1.807) is 0 Å². The zero-order valence-electron chi connectivity index (χ0n) is 11.7. The minimum atomic E-state index is -0.0990. The molecule has 0 fully saturated rings. The van der Waals surface area contributed by atoms with Crippen molar-refractivity contribution < 1.29 is 4.79 Å². The van der Waals surface area contributed by atoms with Crippen molar-refractivity contribution in [3.8, 4) is 0 Å². The summed E-state index contributed by atoms with van der Waals surface area (Å²) >= 11 is 3.40. The Balaban J connectivity index is 2.05. The summed E-state index contributed by atoms with van der Waals surface area (Å²) in [6.07, 6.45) is 0. The van der Waals surface area contributed by atoms with Crippen molar-refractivity contribution in [2.45, 2.75) is 19.3 Å². The summed E-state index contributed by atoms with van der Waals surface area (Å²) in [7, 11) is 0. The normalized spacial score (nSPS) is 11.2. The first kappa shape index (κ1) is 14.8. The highest BCUT2D eigenvalue weighted by atomic mass is 79.9. The van der Waals surface area contributed by atoms with Gasteiger partial charge >= 0.3 is 0 Å². The molecule has 0 aliphatic heterocycles. The van der Waals surface area contributed by atoms with Gasteiger partial charge in [0.05, 0.1) is 5.56 Å². The van der Waals surface area contributed by atoms with Crippen LogP contribution in [0.2, 0.25) is 0 Å². The molecule has 1 amide bonds. The average Bonchev–Trinajstić information content (AvgIpc) is 2.46. The van der Waals surface area contributed by atoms with Gasteiger partial charge in [-0.15, -0.1) is 0 Å². The van der Waals surface area contributed by atoms with Gasteiger partial charge in [0.25, 0.3) is 5.91 Å². The van der Waals surface area contributed by atoms with E-state index in [1.807, 2.05) is 42.5 Å². The van der Waals surface area contributed by atoms with Crippen molar-refractivity contribution in [1.29, 1.82) is 0 Å². The standard InChI is InChI=1S/C17H18BrNO/c1-17(2,13-8-4-3-5-9-13)12-19-16(20)14-10-6-7-11-15(14)18/h3-11H,12H2,1-2H3,(H,19,20). The predicted octanol–water partition coefficient (Wildman–Crippen LogP) is 4.16. The van der Waals surface area contributed by atoms with Gasteiger partial charge in [-0.1, -0.05) is 56.3 Å². The second kappa shape index (κ2) is 6.23. The van der Waals surface area contributed by atoms with Crippen molar-refractivity contribution in [2.75, 3.05) is 6.54 Å². The van der Waals surface area contributed by atoms with Gasteiger partial charge in [-0.3, -0.25) is 4.79 Å². The summed E-state index contributed by atoms with van der Waals surface area (Å²) in [6, 6.07) is 17.7. The number of halogens is 1. The molecule has 1 N–H and O–H groups in total. The molecule has 3 heteroatoms. The molecular weight excluding hydrogens is 314 g/mol. The zero-order chi connectivity index (χ0) is 14.6. The molecule has 0 atom stereocenters. The van der Waals surface area contributed by atoms with Crippen LogP contribution < -0.4 is 5.32 Å². The van der Waals surface area contributed by atoms with E-state index < -0.39 is 0 Å². The molecule has 2 aromatic carbocycles. The predicted molar refractivity (Wildman–Crippen MR) is 85.9 cm³/mol. The van der Waals surface area contributed by atoms with Gasteiger partial charge in [0.15, 0.2) is 0 Å². The van der Waals surface area contributed by atoms with Crippen LogP contribution >= 0.6 is 15.9 Å². The van der Waals surface area contributed by atoms with Crippen molar-refractivity contribution in [3.05, 3.63) is 70.2 Å². The Hall–Kier alpha value is -1.61. The summed E-state index contributed by atoms with van der Waals surface area (Å²) < 4.78 is 0.815. The first-order valence-corrected chi connectivity index (χ1v) is 7.38. The first-order valence-electron chi connectivity index (χ1n) is 6.59. The molecule has 0 bridgehead atoms. The molecule has 104 valence electrons. The highest BCUT2D eigenvalue weighted by molar-refractivity contribution is 9.10. The van der Waals surface area contributed by atoms with Crippen molar-refractivity contribution in [2.24, 2.45) is 0 Å². The van der Waals surface area contributed by atoms with Crippen LogP contribution in [-0.4, -0.2) is 12.5 Å². The molecule has 2 rings (SSSR count). The number of nitrogens with one attached hydrogen (secondary N) is 1. The van der Waals surface area contributed by atoms with Gasteiger partial charge in [-0.25, -0.2) is 0 Å². The number of benzene rings is 2. The fourth-order valence-electron chi connectivity index (χ4n) is 2.03. The summed E-state index contributed by atoms with van der Waals surface area (Å²) in [5.41, 5.74) is 1.78. The number of carbonyl (C=O) groups excluding carboxylic acids is 1. The highest BCUT2D eigenvalue weighted by Gasteiger charge is 2.21. The second-order valence-electron chi connectivity index (χ2n) is 5.41. The third-order valence-corrected chi connectivity index (χ3v) is 4.06. The molecule has 2 nitrogen and oxygen atoms in total. The summed E-state index contributed by atoms with van der Waals surface area (Å²) in [4.78, 5) is 12.2. The van der Waals surface area contributed by atoms with Crippen LogP contribution in [0.5, 0.6) is 0 Å². The van der Waals surface area contributed by atoms with Crippen LogP contribution in [0.4, 0.5) is 0 Å². The smallest absolute Gasteiger partial charge is 0.252 e. The first-order chi connectivity index (χ1) is 9.50. The average molecular weight is 332 g/mol. The largest absolute Gasteiger partial charge is 0.351 e. The van der Waals surface area contributed by atoms with E-state index in [9.17, 15) is 4.79 Å². The lowest BCUT2D eigenvalue weighted by molar-refractivity contribution is 0.0945. The minimum absolute atomic E-state index is 0.0542. The fourth-order valence-corrected chi connectivity index (χ4v) is 2.50. The summed E-state index contributed by atoms with van der Waals surface area (Å²) in [5.74, 6) is -0.0542. The van der Waals surface area contributed by atoms with Crippen molar-refractivity contribution in [1.82, 2.24) is 5.32 Å². The topological polar surface area (TPSA) is 29.1 Å². The summed E-state index contributed by atoms with van der Waals surface area (Å²) in [5, 5.41) is 3.01. The monoisotopic (exact) mass is 331 g/mol. The Morgan fingerprint density at radius 1 is 1.05 bits per heavy atom. The molecule has 0 aromatic heterocycles. The Labute approximate surface area is 128 Å². The number of carbonyl (C=O) groups is 1. The van der Waals surface area contributed by atoms with Crippen LogP contribution in [0.25, 0.3) is 0 Å². The Kier molecular flexibility index (Phi) is 4.61. The van der Waals surface area contributed by atoms with E-state index in [4.69, 9.17) is 0 Å². The molecule has 0 saturated carbocycles. The van der Waals surface area contributed by atoms with Crippen LogP contribution in [0.3, 0.4) is 0 Å². The van der Waals surface area contributed by atoms with Gasteiger partial charge in [-0.2, -0.15) is 0 Å². The van der Waals surface area contributed by atoms with Crippen LogP contribution in [0.15, 0.2) is 59.1 Å². The number of hydrogen-bond acceptors (Lipinski definition) is 1. The van der Waals surface area contributed by atoms with E-state index in [0.29, 0.717) is 12.1 Å². The van der Waals surface area contributed by atoms with Gasteiger partial charge in [0.2, 0.25) is 0 Å². The van der Waals surface area contributed by atoms with E-state index >= 15 is 0 Å². The van der Waals surface area contributed by atoms with E-state index in [2.05, 4.69) is 47.2 Å². The maximum atomic E-state index is 12.2. The lowest BCUT2D eigenvalue weighted by atomic mass is 9.84.